The van der Waals surface area contributed by atoms with Gasteiger partial charge in [0.05, 0.1) is 0 Å². The zero-order valence-electron chi connectivity index (χ0n) is 13.1. The lowest BCUT2D eigenvalue weighted by Crippen LogP contribution is -2.41. The third kappa shape index (κ3) is 5.26. The van der Waals surface area contributed by atoms with Gasteiger partial charge in [-0.05, 0) is 25.0 Å². The number of amides is 1. The Morgan fingerprint density at radius 3 is 2.38 bits per heavy atom. The molecular formula is C17H17F3N2O2. The quantitative estimate of drug-likeness (QED) is 0.911. The summed E-state index contributed by atoms with van der Waals surface area (Å²) < 4.78 is 38.3. The summed E-state index contributed by atoms with van der Waals surface area (Å²) in [5, 5.41) is 0. The van der Waals surface area contributed by atoms with Gasteiger partial charge in [0.2, 0.25) is 5.56 Å². The van der Waals surface area contributed by atoms with Gasteiger partial charge in [0.15, 0.2) is 0 Å². The van der Waals surface area contributed by atoms with Gasteiger partial charge in [-0.2, -0.15) is 13.2 Å². The number of hydrogen-bond acceptors (Lipinski definition) is 2. The first kappa shape index (κ1) is 17.8. The van der Waals surface area contributed by atoms with E-state index in [-0.39, 0.29) is 12.2 Å². The monoisotopic (exact) mass is 338 g/mol. The zero-order valence-corrected chi connectivity index (χ0v) is 13.1. The second-order valence-electron chi connectivity index (χ2n) is 5.51. The van der Waals surface area contributed by atoms with Crippen LogP contribution in [-0.2, 0) is 6.42 Å². The molecule has 4 nitrogen and oxygen atoms in total. The Morgan fingerprint density at radius 1 is 1.12 bits per heavy atom. The van der Waals surface area contributed by atoms with E-state index in [2.05, 4.69) is 4.98 Å². The van der Waals surface area contributed by atoms with Crippen LogP contribution in [0.2, 0.25) is 0 Å². The zero-order chi connectivity index (χ0) is 17.7. The molecule has 0 radical (unpaired) electrons. The summed E-state index contributed by atoms with van der Waals surface area (Å²) in [6, 6.07) is 11.2. The lowest BCUT2D eigenvalue weighted by molar-refractivity contribution is -0.140. The van der Waals surface area contributed by atoms with Crippen molar-refractivity contribution >= 4 is 5.91 Å². The van der Waals surface area contributed by atoms with Crippen LogP contribution in [0.4, 0.5) is 13.2 Å². The molecule has 1 N–H and O–H groups in total. The maximum absolute atomic E-state index is 12.8. The second kappa shape index (κ2) is 7.33. The number of rotatable bonds is 5. The minimum absolute atomic E-state index is 0.0989. The van der Waals surface area contributed by atoms with Gasteiger partial charge >= 0.3 is 6.18 Å². The molecule has 1 amide bonds. The number of aromatic nitrogens is 1. The van der Waals surface area contributed by atoms with Gasteiger partial charge in [-0.15, -0.1) is 0 Å². The van der Waals surface area contributed by atoms with Crippen LogP contribution in [0.25, 0.3) is 0 Å². The van der Waals surface area contributed by atoms with Crippen molar-refractivity contribution in [3.8, 4) is 0 Å². The summed E-state index contributed by atoms with van der Waals surface area (Å²) in [6.45, 7) is 0.446. The molecule has 2 aromatic rings. The molecule has 0 aliphatic rings. The van der Waals surface area contributed by atoms with Gasteiger partial charge in [-0.3, -0.25) is 9.59 Å². The van der Waals surface area contributed by atoms with Crippen molar-refractivity contribution in [2.45, 2.75) is 19.5 Å². The van der Waals surface area contributed by atoms with Gasteiger partial charge < -0.3 is 9.88 Å². The van der Waals surface area contributed by atoms with Crippen LogP contribution in [0.3, 0.4) is 0 Å². The second-order valence-corrected chi connectivity index (χ2v) is 5.51. The number of benzene rings is 1. The van der Waals surface area contributed by atoms with Gasteiger partial charge in [0.1, 0.15) is 12.2 Å². The lowest BCUT2D eigenvalue weighted by atomic mass is 10.1. The molecular weight excluding hydrogens is 321 g/mol. The molecule has 24 heavy (non-hydrogen) atoms. The molecule has 0 atom stereocenters. The van der Waals surface area contributed by atoms with E-state index in [0.717, 1.165) is 11.1 Å². The molecule has 128 valence electrons. The van der Waals surface area contributed by atoms with Crippen molar-refractivity contribution in [3.63, 3.8) is 0 Å². The Bertz CT molecular complexity index is 751. The van der Waals surface area contributed by atoms with Gasteiger partial charge in [-0.25, -0.2) is 0 Å². The summed E-state index contributed by atoms with van der Waals surface area (Å²) in [5.74, 6) is -0.850. The Hall–Kier alpha value is -2.57. The SMILES string of the molecule is Cc1ccc(CCN(CC(F)(F)F)C(=O)c2cccc(=O)[nH]2)cc1. The molecule has 0 saturated carbocycles. The first-order valence-electron chi connectivity index (χ1n) is 7.35. The van der Waals surface area contributed by atoms with Crippen LogP contribution in [0, 0.1) is 6.92 Å². The van der Waals surface area contributed by atoms with E-state index in [1.807, 2.05) is 31.2 Å². The topological polar surface area (TPSA) is 53.2 Å². The maximum Gasteiger partial charge on any atom is 0.406 e. The minimum Gasteiger partial charge on any atom is -0.328 e. The third-order valence-electron chi connectivity index (χ3n) is 3.45. The molecule has 0 unspecified atom stereocenters. The standard InChI is InChI=1S/C17H17F3N2O2/c1-12-5-7-13(8-6-12)9-10-22(11-17(18,19)20)16(24)14-3-2-4-15(23)21-14/h2-8H,9-11H2,1H3,(H,21,23). The Kier molecular flexibility index (Phi) is 5.43. The number of hydrogen-bond donors (Lipinski definition) is 1. The molecule has 0 spiro atoms. The number of carbonyl (C=O) groups excluding carboxylic acids is 1. The minimum atomic E-state index is -4.52. The predicted octanol–water partition coefficient (Wildman–Crippen LogP) is 2.93. The number of aryl methyl sites for hydroxylation is 1. The molecule has 0 bridgehead atoms. The number of nitrogens with zero attached hydrogens (tertiary/aromatic N) is 1. The highest BCUT2D eigenvalue weighted by Crippen LogP contribution is 2.18. The number of pyridine rings is 1. The smallest absolute Gasteiger partial charge is 0.328 e. The third-order valence-corrected chi connectivity index (χ3v) is 3.45. The van der Waals surface area contributed by atoms with Crippen LogP contribution in [-0.4, -0.2) is 35.1 Å². The molecule has 0 fully saturated rings. The van der Waals surface area contributed by atoms with Crippen LogP contribution in [0.15, 0.2) is 47.3 Å². The van der Waals surface area contributed by atoms with E-state index in [9.17, 15) is 22.8 Å². The van der Waals surface area contributed by atoms with Crippen molar-refractivity contribution in [2.24, 2.45) is 0 Å². The van der Waals surface area contributed by atoms with E-state index in [1.165, 1.54) is 18.2 Å². The van der Waals surface area contributed by atoms with E-state index < -0.39 is 24.2 Å². The van der Waals surface area contributed by atoms with E-state index in [1.54, 1.807) is 0 Å². The summed E-state index contributed by atoms with van der Waals surface area (Å²) in [5.41, 5.74) is 1.19. The summed E-state index contributed by atoms with van der Waals surface area (Å²) >= 11 is 0. The highest BCUT2D eigenvalue weighted by Gasteiger charge is 2.33. The van der Waals surface area contributed by atoms with Gasteiger partial charge in [-0.1, -0.05) is 35.9 Å². The summed E-state index contributed by atoms with van der Waals surface area (Å²) in [7, 11) is 0. The van der Waals surface area contributed by atoms with Crippen molar-refractivity contribution in [1.29, 1.82) is 0 Å². The number of H-pyrrole nitrogens is 1. The van der Waals surface area contributed by atoms with Gasteiger partial charge in [0, 0.05) is 12.6 Å². The fourth-order valence-corrected chi connectivity index (χ4v) is 2.23. The van der Waals surface area contributed by atoms with Crippen molar-refractivity contribution in [1.82, 2.24) is 9.88 Å². The largest absolute Gasteiger partial charge is 0.406 e. The number of carbonyl (C=O) groups is 1. The van der Waals surface area contributed by atoms with E-state index in [4.69, 9.17) is 0 Å². The number of alkyl halides is 3. The molecule has 0 saturated heterocycles. The molecule has 0 aliphatic carbocycles. The first-order chi connectivity index (χ1) is 11.2. The molecule has 1 heterocycles. The number of halogens is 3. The lowest BCUT2D eigenvalue weighted by Gasteiger charge is -2.24. The Balaban J connectivity index is 2.16. The molecule has 1 aromatic heterocycles. The average Bonchev–Trinajstić information content (AvgIpc) is 2.51. The number of aromatic amines is 1. The number of nitrogens with one attached hydrogen (secondary N) is 1. The van der Waals surface area contributed by atoms with Crippen molar-refractivity contribution < 1.29 is 18.0 Å². The Morgan fingerprint density at radius 2 is 1.79 bits per heavy atom. The van der Waals surface area contributed by atoms with Crippen LogP contribution < -0.4 is 5.56 Å². The molecule has 7 heteroatoms. The molecule has 1 aromatic carbocycles. The fraction of sp³-hybridized carbons (Fsp3) is 0.294. The molecule has 0 aliphatic heterocycles. The van der Waals surface area contributed by atoms with E-state index in [0.29, 0.717) is 11.3 Å². The van der Waals surface area contributed by atoms with E-state index >= 15 is 0 Å². The van der Waals surface area contributed by atoms with Crippen molar-refractivity contribution in [3.05, 3.63) is 69.6 Å². The van der Waals surface area contributed by atoms with Crippen LogP contribution >= 0.6 is 0 Å². The highest BCUT2D eigenvalue weighted by atomic mass is 19.4. The maximum atomic E-state index is 12.8. The van der Waals surface area contributed by atoms with Crippen LogP contribution in [0.1, 0.15) is 21.6 Å². The normalized spacial score (nSPS) is 11.3. The highest BCUT2D eigenvalue weighted by molar-refractivity contribution is 5.92. The first-order valence-corrected chi connectivity index (χ1v) is 7.35. The fourth-order valence-electron chi connectivity index (χ4n) is 2.23. The van der Waals surface area contributed by atoms with Crippen LogP contribution in [0.5, 0.6) is 0 Å². The summed E-state index contributed by atoms with van der Waals surface area (Å²) in [6.07, 6.45) is -4.23. The average molecular weight is 338 g/mol. The Labute approximate surface area is 136 Å². The van der Waals surface area contributed by atoms with Gasteiger partial charge in [0.25, 0.3) is 5.91 Å². The predicted molar refractivity (Wildman–Crippen MR) is 83.9 cm³/mol. The molecule has 2 rings (SSSR count). The summed E-state index contributed by atoms with van der Waals surface area (Å²) in [4.78, 5) is 26.5. The van der Waals surface area contributed by atoms with Crippen molar-refractivity contribution in [2.75, 3.05) is 13.1 Å².